The van der Waals surface area contributed by atoms with Crippen LogP contribution in [0, 0.1) is 0 Å². The zero-order valence-corrected chi connectivity index (χ0v) is 13.1. The highest BCUT2D eigenvalue weighted by atomic mass is 35.5. The Bertz CT molecular complexity index is 759. The molecule has 0 aliphatic rings. The monoisotopic (exact) mass is 359 g/mol. The summed E-state index contributed by atoms with van der Waals surface area (Å²) in [4.78, 5) is 11.1. The minimum atomic E-state index is -4.53. The van der Waals surface area contributed by atoms with E-state index in [1.165, 1.54) is 18.2 Å². The third-order valence-electron chi connectivity index (χ3n) is 2.97. The first-order valence-corrected chi connectivity index (χ1v) is 7.13. The van der Waals surface area contributed by atoms with Crippen molar-refractivity contribution in [2.24, 2.45) is 0 Å². The second-order valence-electron chi connectivity index (χ2n) is 4.60. The highest BCUT2D eigenvalue weighted by molar-refractivity contribution is 6.32. The number of aromatic carboxylic acids is 1. The fourth-order valence-electron chi connectivity index (χ4n) is 1.93. The number of carboxylic acid groups (broad SMARTS) is 1. The smallest absolute Gasteiger partial charge is 0.416 e. The normalized spacial score (nSPS) is 11.2. The van der Waals surface area contributed by atoms with Gasteiger partial charge >= 0.3 is 6.18 Å². The van der Waals surface area contributed by atoms with E-state index >= 15 is 0 Å². The molecule has 0 bridgehead atoms. The number of para-hydroxylation sites is 1. The number of carboxylic acids is 1. The molecule has 0 radical (unpaired) electrons. The molecule has 2 rings (SSSR count). The number of ether oxygens (including phenoxy) is 2. The van der Waals surface area contributed by atoms with Gasteiger partial charge in [0.15, 0.2) is 11.5 Å². The van der Waals surface area contributed by atoms with Crippen LogP contribution in [0.4, 0.5) is 13.2 Å². The summed E-state index contributed by atoms with van der Waals surface area (Å²) in [6.45, 7) is 1.79. The summed E-state index contributed by atoms with van der Waals surface area (Å²) in [6, 6.07) is 6.64. The Morgan fingerprint density at radius 2 is 1.92 bits per heavy atom. The van der Waals surface area contributed by atoms with E-state index < -0.39 is 17.7 Å². The van der Waals surface area contributed by atoms with Crippen LogP contribution in [0.3, 0.4) is 0 Å². The van der Waals surface area contributed by atoms with E-state index in [0.717, 1.165) is 18.2 Å². The van der Waals surface area contributed by atoms with Gasteiger partial charge in [-0.3, -0.25) is 0 Å². The highest BCUT2D eigenvalue weighted by Gasteiger charge is 2.31. The molecular weight excluding hydrogens is 349 g/mol. The molecule has 0 amide bonds. The standard InChI is InChI=1S/C16H12ClF3O4/c1-2-23-14-10(15(21)22)4-3-5-13(14)24-12-7-6-9(8-11(12)17)16(18,19)20/h3-8H,2H2,1H3,(H,21,22)/p-1. The first-order valence-electron chi connectivity index (χ1n) is 6.75. The van der Waals surface area contributed by atoms with Crippen molar-refractivity contribution in [1.29, 1.82) is 0 Å². The Labute approximate surface area is 140 Å². The molecule has 0 N–H and O–H groups in total. The van der Waals surface area contributed by atoms with Gasteiger partial charge in [0.2, 0.25) is 0 Å². The van der Waals surface area contributed by atoms with E-state index in [1.807, 2.05) is 0 Å². The van der Waals surface area contributed by atoms with Gasteiger partial charge in [-0.05, 0) is 37.3 Å². The molecule has 4 nitrogen and oxygen atoms in total. The summed E-state index contributed by atoms with van der Waals surface area (Å²) in [5.74, 6) is -1.63. The zero-order valence-electron chi connectivity index (χ0n) is 12.3. The minimum Gasteiger partial charge on any atom is -0.545 e. The lowest BCUT2D eigenvalue weighted by atomic mass is 10.2. The van der Waals surface area contributed by atoms with Crippen LogP contribution >= 0.6 is 11.6 Å². The molecule has 0 saturated heterocycles. The predicted molar refractivity (Wildman–Crippen MR) is 78.5 cm³/mol. The summed E-state index contributed by atoms with van der Waals surface area (Å²) < 4.78 is 48.6. The van der Waals surface area contributed by atoms with Gasteiger partial charge in [-0.1, -0.05) is 17.7 Å². The predicted octanol–water partition coefficient (Wildman–Crippen LogP) is 3.91. The molecular formula is C16H11ClF3O4-. The molecule has 0 aromatic heterocycles. The number of hydrogen-bond acceptors (Lipinski definition) is 4. The van der Waals surface area contributed by atoms with Crippen molar-refractivity contribution >= 4 is 17.6 Å². The van der Waals surface area contributed by atoms with E-state index in [4.69, 9.17) is 21.1 Å². The maximum atomic E-state index is 12.6. The molecule has 24 heavy (non-hydrogen) atoms. The zero-order chi connectivity index (χ0) is 17.9. The number of benzene rings is 2. The van der Waals surface area contributed by atoms with Gasteiger partial charge in [0.25, 0.3) is 0 Å². The topological polar surface area (TPSA) is 58.6 Å². The quantitative estimate of drug-likeness (QED) is 0.812. The third kappa shape index (κ3) is 3.91. The van der Waals surface area contributed by atoms with Crippen molar-refractivity contribution in [2.45, 2.75) is 13.1 Å². The maximum absolute atomic E-state index is 12.6. The van der Waals surface area contributed by atoms with E-state index in [2.05, 4.69) is 0 Å². The van der Waals surface area contributed by atoms with Crippen molar-refractivity contribution in [1.82, 2.24) is 0 Å². The fourth-order valence-corrected chi connectivity index (χ4v) is 2.15. The first kappa shape index (κ1) is 17.9. The summed E-state index contributed by atoms with van der Waals surface area (Å²) in [6.07, 6.45) is -4.53. The van der Waals surface area contributed by atoms with Gasteiger partial charge in [-0.2, -0.15) is 13.2 Å². The van der Waals surface area contributed by atoms with Crippen LogP contribution in [0.25, 0.3) is 0 Å². The molecule has 8 heteroatoms. The molecule has 0 spiro atoms. The van der Waals surface area contributed by atoms with Crippen molar-refractivity contribution in [3.8, 4) is 17.2 Å². The SMILES string of the molecule is CCOc1c(Oc2ccc(C(F)(F)F)cc2Cl)cccc1C(=O)[O-]. The first-order chi connectivity index (χ1) is 11.2. The number of carbonyl (C=O) groups is 1. The Morgan fingerprint density at radius 3 is 2.46 bits per heavy atom. The van der Waals surface area contributed by atoms with Gasteiger partial charge in [0.05, 0.1) is 23.2 Å². The Kier molecular flexibility index (Phi) is 5.23. The van der Waals surface area contributed by atoms with Crippen molar-refractivity contribution in [3.63, 3.8) is 0 Å². The van der Waals surface area contributed by atoms with Crippen molar-refractivity contribution in [2.75, 3.05) is 6.61 Å². The number of halogens is 4. The average Bonchev–Trinajstić information content (AvgIpc) is 2.49. The summed E-state index contributed by atoms with van der Waals surface area (Å²) in [5.41, 5.74) is -1.16. The van der Waals surface area contributed by atoms with E-state index in [0.29, 0.717) is 0 Å². The number of hydrogen-bond donors (Lipinski definition) is 0. The van der Waals surface area contributed by atoms with Gasteiger partial charge in [-0.15, -0.1) is 0 Å². The highest BCUT2D eigenvalue weighted by Crippen LogP contribution is 2.39. The maximum Gasteiger partial charge on any atom is 0.416 e. The molecule has 0 saturated carbocycles. The lowest BCUT2D eigenvalue weighted by Gasteiger charge is -2.17. The molecule has 0 heterocycles. The summed E-state index contributed by atoms with van der Waals surface area (Å²) >= 11 is 5.82. The second-order valence-corrected chi connectivity index (χ2v) is 5.01. The lowest BCUT2D eigenvalue weighted by Crippen LogP contribution is -2.23. The van der Waals surface area contributed by atoms with Crippen LogP contribution in [-0.2, 0) is 6.18 Å². The molecule has 0 atom stereocenters. The molecule has 2 aromatic rings. The molecule has 0 unspecified atom stereocenters. The van der Waals surface area contributed by atoms with E-state index in [-0.39, 0.29) is 34.4 Å². The number of rotatable bonds is 5. The Morgan fingerprint density at radius 1 is 1.21 bits per heavy atom. The largest absolute Gasteiger partial charge is 0.545 e. The Hall–Kier alpha value is -2.41. The average molecular weight is 360 g/mol. The molecule has 2 aromatic carbocycles. The van der Waals surface area contributed by atoms with Gasteiger partial charge in [0, 0.05) is 5.56 Å². The lowest BCUT2D eigenvalue weighted by molar-refractivity contribution is -0.255. The summed E-state index contributed by atoms with van der Waals surface area (Å²) in [7, 11) is 0. The van der Waals surface area contributed by atoms with Crippen LogP contribution in [0.1, 0.15) is 22.8 Å². The van der Waals surface area contributed by atoms with Gasteiger partial charge in [0.1, 0.15) is 5.75 Å². The molecule has 128 valence electrons. The van der Waals surface area contributed by atoms with Crippen LogP contribution in [0.2, 0.25) is 5.02 Å². The van der Waals surface area contributed by atoms with Crippen molar-refractivity contribution in [3.05, 3.63) is 52.5 Å². The van der Waals surface area contributed by atoms with Crippen LogP contribution < -0.4 is 14.6 Å². The number of alkyl halides is 3. The van der Waals surface area contributed by atoms with Gasteiger partial charge < -0.3 is 19.4 Å². The minimum absolute atomic E-state index is 0.000193. The van der Waals surface area contributed by atoms with Crippen LogP contribution in [0.5, 0.6) is 17.2 Å². The molecule has 0 fully saturated rings. The van der Waals surface area contributed by atoms with Crippen molar-refractivity contribution < 1.29 is 32.5 Å². The van der Waals surface area contributed by atoms with Crippen LogP contribution in [0.15, 0.2) is 36.4 Å². The number of carbonyl (C=O) groups excluding carboxylic acids is 1. The Balaban J connectivity index is 2.41. The van der Waals surface area contributed by atoms with Gasteiger partial charge in [-0.25, -0.2) is 0 Å². The molecule has 0 aliphatic carbocycles. The van der Waals surface area contributed by atoms with Crippen LogP contribution in [-0.4, -0.2) is 12.6 Å². The molecule has 0 aliphatic heterocycles. The van der Waals surface area contributed by atoms with E-state index in [9.17, 15) is 23.1 Å². The third-order valence-corrected chi connectivity index (χ3v) is 3.26. The van der Waals surface area contributed by atoms with E-state index in [1.54, 1.807) is 6.92 Å². The second kappa shape index (κ2) is 7.00. The summed E-state index contributed by atoms with van der Waals surface area (Å²) in [5, 5.41) is 10.9. The fraction of sp³-hybridized carbons (Fsp3) is 0.188.